The highest BCUT2D eigenvalue weighted by Crippen LogP contribution is 2.27. The molecule has 0 unspecified atom stereocenters. The van der Waals surface area contributed by atoms with Crippen molar-refractivity contribution in [2.75, 3.05) is 6.54 Å². The summed E-state index contributed by atoms with van der Waals surface area (Å²) in [4.78, 5) is 11.1. The Morgan fingerprint density at radius 3 is 2.80 bits per heavy atom. The number of benzene rings is 1. The number of carbonyl (C=O) groups is 1. The minimum Gasteiger partial charge on any atom is -0.480 e. The normalized spacial score (nSPS) is 20.2. The molecule has 1 aliphatic heterocycles. The highest BCUT2D eigenvalue weighted by Gasteiger charge is 2.38. The SMILES string of the molecule is O=C(O)[C@@H]1CCCN1S(=O)(=O)Cc1ccc(Cl)cc1Br. The predicted molar refractivity (Wildman–Crippen MR) is 79.1 cm³/mol. The molecule has 1 atom stereocenters. The van der Waals surface area contributed by atoms with E-state index in [-0.39, 0.29) is 12.3 Å². The van der Waals surface area contributed by atoms with Gasteiger partial charge in [0.25, 0.3) is 0 Å². The third kappa shape index (κ3) is 3.33. The molecule has 2 rings (SSSR count). The molecule has 1 heterocycles. The average molecular weight is 383 g/mol. The highest BCUT2D eigenvalue weighted by atomic mass is 79.9. The lowest BCUT2D eigenvalue weighted by Gasteiger charge is -2.21. The molecule has 0 radical (unpaired) electrons. The Labute approximate surface area is 130 Å². The second-order valence-electron chi connectivity index (χ2n) is 4.60. The molecule has 0 amide bonds. The topological polar surface area (TPSA) is 74.7 Å². The number of carboxylic acid groups (broad SMARTS) is 1. The Hall–Kier alpha value is -0.630. The van der Waals surface area contributed by atoms with Crippen LogP contribution >= 0.6 is 27.5 Å². The van der Waals surface area contributed by atoms with Crippen molar-refractivity contribution in [1.29, 1.82) is 0 Å². The average Bonchev–Trinajstić information content (AvgIpc) is 2.82. The summed E-state index contributed by atoms with van der Waals surface area (Å²) in [5.41, 5.74) is 0.561. The van der Waals surface area contributed by atoms with Crippen molar-refractivity contribution in [2.45, 2.75) is 24.6 Å². The van der Waals surface area contributed by atoms with Crippen LogP contribution in [0.3, 0.4) is 0 Å². The third-order valence-corrected chi connectivity index (χ3v) is 6.00. The van der Waals surface area contributed by atoms with Gasteiger partial charge < -0.3 is 5.11 Å². The van der Waals surface area contributed by atoms with Gasteiger partial charge in [-0.2, -0.15) is 4.31 Å². The van der Waals surface area contributed by atoms with Crippen molar-refractivity contribution in [3.63, 3.8) is 0 Å². The molecule has 0 saturated carbocycles. The molecule has 1 aromatic carbocycles. The van der Waals surface area contributed by atoms with Crippen LogP contribution in [0, 0.1) is 0 Å². The highest BCUT2D eigenvalue weighted by molar-refractivity contribution is 9.10. The summed E-state index contributed by atoms with van der Waals surface area (Å²) in [7, 11) is -3.66. The standard InChI is InChI=1S/C12H13BrClNO4S/c13-10-6-9(14)4-3-8(10)7-20(18,19)15-5-1-2-11(15)12(16)17/h3-4,6,11H,1-2,5,7H2,(H,16,17)/t11-/m0/s1. The monoisotopic (exact) mass is 381 g/mol. The Bertz CT molecular complexity index is 634. The summed E-state index contributed by atoms with van der Waals surface area (Å²) < 4.78 is 26.4. The van der Waals surface area contributed by atoms with Crippen molar-refractivity contribution in [2.24, 2.45) is 0 Å². The van der Waals surface area contributed by atoms with Crippen LogP contribution < -0.4 is 0 Å². The number of nitrogens with zero attached hydrogens (tertiary/aromatic N) is 1. The summed E-state index contributed by atoms with van der Waals surface area (Å²) in [6, 6.07) is 3.89. The summed E-state index contributed by atoms with van der Waals surface area (Å²) in [5, 5.41) is 9.57. The molecule has 1 aromatic rings. The van der Waals surface area contributed by atoms with Crippen LogP contribution in [0.4, 0.5) is 0 Å². The molecule has 1 N–H and O–H groups in total. The van der Waals surface area contributed by atoms with Gasteiger partial charge in [0.05, 0.1) is 5.75 Å². The van der Waals surface area contributed by atoms with E-state index in [1.54, 1.807) is 18.2 Å². The number of hydrogen-bond acceptors (Lipinski definition) is 3. The lowest BCUT2D eigenvalue weighted by atomic mass is 10.2. The van der Waals surface area contributed by atoms with Gasteiger partial charge in [-0.15, -0.1) is 0 Å². The van der Waals surface area contributed by atoms with E-state index in [9.17, 15) is 13.2 Å². The van der Waals surface area contributed by atoms with Crippen molar-refractivity contribution in [1.82, 2.24) is 4.31 Å². The maximum atomic E-state index is 12.4. The van der Waals surface area contributed by atoms with E-state index in [4.69, 9.17) is 16.7 Å². The fraction of sp³-hybridized carbons (Fsp3) is 0.417. The Balaban J connectivity index is 2.25. The summed E-state index contributed by atoms with van der Waals surface area (Å²) >= 11 is 9.08. The number of hydrogen-bond donors (Lipinski definition) is 1. The second-order valence-corrected chi connectivity index (χ2v) is 7.81. The Kier molecular flexibility index (Phi) is 4.73. The minimum absolute atomic E-state index is 0.242. The molecular weight excluding hydrogens is 370 g/mol. The van der Waals surface area contributed by atoms with Crippen LogP contribution in [0.15, 0.2) is 22.7 Å². The molecule has 5 nitrogen and oxygen atoms in total. The van der Waals surface area contributed by atoms with Gasteiger partial charge in [-0.05, 0) is 30.5 Å². The van der Waals surface area contributed by atoms with E-state index in [1.165, 1.54) is 0 Å². The lowest BCUT2D eigenvalue weighted by Crippen LogP contribution is -2.40. The minimum atomic E-state index is -3.66. The number of carboxylic acids is 1. The molecule has 1 fully saturated rings. The number of sulfonamides is 1. The van der Waals surface area contributed by atoms with Crippen molar-refractivity contribution < 1.29 is 18.3 Å². The molecule has 0 aliphatic carbocycles. The third-order valence-electron chi connectivity index (χ3n) is 3.20. The van der Waals surface area contributed by atoms with Crippen LogP contribution in [0.1, 0.15) is 18.4 Å². The van der Waals surface area contributed by atoms with Gasteiger partial charge in [0, 0.05) is 16.0 Å². The maximum absolute atomic E-state index is 12.4. The molecule has 1 saturated heterocycles. The zero-order chi connectivity index (χ0) is 14.9. The first-order chi connectivity index (χ1) is 9.31. The number of rotatable bonds is 4. The number of halogens is 2. The largest absolute Gasteiger partial charge is 0.480 e. The quantitative estimate of drug-likeness (QED) is 0.868. The molecule has 110 valence electrons. The lowest BCUT2D eigenvalue weighted by molar-refractivity contribution is -0.140. The van der Waals surface area contributed by atoms with E-state index < -0.39 is 22.0 Å². The fourth-order valence-electron chi connectivity index (χ4n) is 2.24. The number of aliphatic carboxylic acids is 1. The van der Waals surface area contributed by atoms with E-state index >= 15 is 0 Å². The zero-order valence-electron chi connectivity index (χ0n) is 10.4. The molecule has 8 heteroatoms. The van der Waals surface area contributed by atoms with E-state index in [1.807, 2.05) is 0 Å². The van der Waals surface area contributed by atoms with Gasteiger partial charge >= 0.3 is 5.97 Å². The summed E-state index contributed by atoms with van der Waals surface area (Å²) in [5.74, 6) is -1.34. The Morgan fingerprint density at radius 2 is 2.20 bits per heavy atom. The molecule has 0 bridgehead atoms. The smallest absolute Gasteiger partial charge is 0.322 e. The molecule has 0 spiro atoms. The van der Waals surface area contributed by atoms with Gasteiger partial charge in [-0.3, -0.25) is 4.79 Å². The molecule has 20 heavy (non-hydrogen) atoms. The summed E-state index contributed by atoms with van der Waals surface area (Å²) in [6.45, 7) is 0.254. The van der Waals surface area contributed by atoms with Gasteiger partial charge in [0.2, 0.25) is 10.0 Å². The van der Waals surface area contributed by atoms with E-state index in [2.05, 4.69) is 15.9 Å². The molecular formula is C12H13BrClNO4S. The second kappa shape index (κ2) is 6.01. The molecule has 0 aromatic heterocycles. The van der Waals surface area contributed by atoms with Gasteiger partial charge in [0.15, 0.2) is 0 Å². The van der Waals surface area contributed by atoms with Crippen LogP contribution in [-0.4, -0.2) is 36.4 Å². The van der Waals surface area contributed by atoms with Crippen LogP contribution in [0.5, 0.6) is 0 Å². The zero-order valence-corrected chi connectivity index (χ0v) is 13.6. The first-order valence-electron chi connectivity index (χ1n) is 5.97. The first-order valence-corrected chi connectivity index (χ1v) is 8.75. The summed E-state index contributed by atoms with van der Waals surface area (Å²) in [6.07, 6.45) is 0.925. The first kappa shape index (κ1) is 15.8. The van der Waals surface area contributed by atoms with Crippen molar-refractivity contribution >= 4 is 43.5 Å². The predicted octanol–water partition coefficient (Wildman–Crippen LogP) is 2.48. The van der Waals surface area contributed by atoms with Gasteiger partial charge in [-0.1, -0.05) is 33.6 Å². The van der Waals surface area contributed by atoms with Gasteiger partial charge in [0.1, 0.15) is 6.04 Å². The van der Waals surface area contributed by atoms with Crippen LogP contribution in [0.2, 0.25) is 5.02 Å². The maximum Gasteiger partial charge on any atom is 0.322 e. The van der Waals surface area contributed by atoms with Crippen molar-refractivity contribution in [3.8, 4) is 0 Å². The van der Waals surface area contributed by atoms with E-state index in [0.717, 1.165) is 4.31 Å². The Morgan fingerprint density at radius 1 is 1.50 bits per heavy atom. The van der Waals surface area contributed by atoms with Gasteiger partial charge in [-0.25, -0.2) is 8.42 Å². The van der Waals surface area contributed by atoms with Crippen LogP contribution in [-0.2, 0) is 20.6 Å². The fourth-order valence-corrected chi connectivity index (χ4v) is 5.05. The van der Waals surface area contributed by atoms with Crippen molar-refractivity contribution in [3.05, 3.63) is 33.3 Å². The van der Waals surface area contributed by atoms with E-state index in [0.29, 0.717) is 27.9 Å². The van der Waals surface area contributed by atoms with Crippen LogP contribution in [0.25, 0.3) is 0 Å². The molecule has 1 aliphatic rings.